The summed E-state index contributed by atoms with van der Waals surface area (Å²) < 4.78 is 0. The minimum absolute atomic E-state index is 0.0431. The molecule has 3 rings (SSSR count). The maximum Gasteiger partial charge on any atom is 0.254 e. The number of carbonyl (C=O) groups excluding carboxylic acids is 3. The van der Waals surface area contributed by atoms with Crippen LogP contribution in [0.3, 0.4) is 0 Å². The number of nitrogens with zero attached hydrogens (tertiary/aromatic N) is 2. The second-order valence-electron chi connectivity index (χ2n) is 7.51. The number of hydrogen-bond acceptors (Lipinski definition) is 3. The maximum atomic E-state index is 12.7. The van der Waals surface area contributed by atoms with Crippen molar-refractivity contribution in [3.05, 3.63) is 59.2 Å². The highest BCUT2D eigenvalue weighted by molar-refractivity contribution is 6.00. The van der Waals surface area contributed by atoms with Crippen molar-refractivity contribution in [2.75, 3.05) is 30.4 Å². The van der Waals surface area contributed by atoms with E-state index in [1.54, 1.807) is 36.2 Å². The van der Waals surface area contributed by atoms with Crippen LogP contribution >= 0.6 is 0 Å². The molecule has 3 amide bonds. The van der Waals surface area contributed by atoms with Gasteiger partial charge in [0.2, 0.25) is 11.8 Å². The van der Waals surface area contributed by atoms with Crippen molar-refractivity contribution >= 4 is 29.1 Å². The molecule has 0 unspecified atom stereocenters. The summed E-state index contributed by atoms with van der Waals surface area (Å²) in [7, 11) is 1.60. The summed E-state index contributed by atoms with van der Waals surface area (Å²) in [5.41, 5.74) is 4.16. The molecule has 1 saturated heterocycles. The van der Waals surface area contributed by atoms with Crippen LogP contribution in [0.25, 0.3) is 0 Å². The van der Waals surface area contributed by atoms with Crippen molar-refractivity contribution < 1.29 is 14.4 Å². The average molecular weight is 393 g/mol. The van der Waals surface area contributed by atoms with Crippen LogP contribution in [0, 0.1) is 13.8 Å². The number of rotatable bonds is 5. The van der Waals surface area contributed by atoms with E-state index < -0.39 is 0 Å². The highest BCUT2D eigenvalue weighted by atomic mass is 16.2. The van der Waals surface area contributed by atoms with Gasteiger partial charge in [-0.05, 0) is 68.1 Å². The van der Waals surface area contributed by atoms with Gasteiger partial charge >= 0.3 is 0 Å². The fourth-order valence-corrected chi connectivity index (χ4v) is 3.45. The maximum absolute atomic E-state index is 12.7. The van der Waals surface area contributed by atoms with Gasteiger partial charge in [0, 0.05) is 37.0 Å². The number of anilines is 2. The number of amides is 3. The van der Waals surface area contributed by atoms with Crippen LogP contribution < -0.4 is 10.2 Å². The summed E-state index contributed by atoms with van der Waals surface area (Å²) in [5.74, 6) is -0.363. The van der Waals surface area contributed by atoms with Gasteiger partial charge < -0.3 is 15.1 Å². The van der Waals surface area contributed by atoms with E-state index in [-0.39, 0.29) is 24.3 Å². The second kappa shape index (κ2) is 8.90. The van der Waals surface area contributed by atoms with Crippen LogP contribution in [0.1, 0.15) is 40.7 Å². The molecule has 2 aromatic carbocycles. The van der Waals surface area contributed by atoms with Gasteiger partial charge in [-0.15, -0.1) is 0 Å². The Labute approximate surface area is 171 Å². The summed E-state index contributed by atoms with van der Waals surface area (Å²) >= 11 is 0. The standard InChI is InChI=1S/C23H27N3O3/c1-16-7-6-8-20(17(16)2)24-21(27)15-25(3)23(29)18-10-12-19(13-11-18)26-14-5-4-9-22(26)28/h6-8,10-13H,4-5,9,14-15H2,1-3H3,(H,24,27). The van der Waals surface area contributed by atoms with Gasteiger partial charge in [0.25, 0.3) is 5.91 Å². The number of carbonyl (C=O) groups is 3. The highest BCUT2D eigenvalue weighted by Crippen LogP contribution is 2.22. The van der Waals surface area contributed by atoms with Crippen molar-refractivity contribution in [3.8, 4) is 0 Å². The molecule has 0 saturated carbocycles. The van der Waals surface area contributed by atoms with E-state index in [0.29, 0.717) is 18.5 Å². The monoisotopic (exact) mass is 393 g/mol. The lowest BCUT2D eigenvalue weighted by molar-refractivity contribution is -0.119. The summed E-state index contributed by atoms with van der Waals surface area (Å²) in [6, 6.07) is 12.7. The van der Waals surface area contributed by atoms with Crippen LogP contribution in [0.2, 0.25) is 0 Å². The Morgan fingerprint density at radius 3 is 2.48 bits per heavy atom. The molecule has 1 heterocycles. The predicted octanol–water partition coefficient (Wildman–Crippen LogP) is 3.53. The van der Waals surface area contributed by atoms with E-state index in [9.17, 15) is 14.4 Å². The Morgan fingerprint density at radius 2 is 1.79 bits per heavy atom. The smallest absolute Gasteiger partial charge is 0.254 e. The van der Waals surface area contributed by atoms with Gasteiger partial charge in [0.05, 0.1) is 6.54 Å². The molecule has 0 aromatic heterocycles. The van der Waals surface area contributed by atoms with Crippen LogP contribution in [-0.4, -0.2) is 42.8 Å². The third-order valence-electron chi connectivity index (χ3n) is 5.36. The average Bonchev–Trinajstić information content (AvgIpc) is 2.71. The highest BCUT2D eigenvalue weighted by Gasteiger charge is 2.20. The van der Waals surface area contributed by atoms with Crippen molar-refractivity contribution in [1.82, 2.24) is 4.90 Å². The van der Waals surface area contributed by atoms with Crippen molar-refractivity contribution in [1.29, 1.82) is 0 Å². The molecule has 2 aromatic rings. The minimum Gasteiger partial charge on any atom is -0.332 e. The molecule has 6 nitrogen and oxygen atoms in total. The molecule has 0 atom stereocenters. The summed E-state index contributed by atoms with van der Waals surface area (Å²) in [5, 5.41) is 2.87. The number of piperidine rings is 1. The number of hydrogen-bond donors (Lipinski definition) is 1. The molecular weight excluding hydrogens is 366 g/mol. The molecule has 1 N–H and O–H groups in total. The number of aryl methyl sites for hydroxylation is 1. The zero-order valence-electron chi connectivity index (χ0n) is 17.2. The SMILES string of the molecule is Cc1cccc(NC(=O)CN(C)C(=O)c2ccc(N3CCCCC3=O)cc2)c1C. The predicted molar refractivity (Wildman–Crippen MR) is 114 cm³/mol. The first kappa shape index (κ1) is 20.6. The molecule has 0 aliphatic carbocycles. The van der Waals surface area contributed by atoms with Gasteiger partial charge in [-0.3, -0.25) is 14.4 Å². The van der Waals surface area contributed by atoms with Crippen LogP contribution in [-0.2, 0) is 9.59 Å². The van der Waals surface area contributed by atoms with Gasteiger partial charge in [0.1, 0.15) is 0 Å². The molecule has 0 bridgehead atoms. The Morgan fingerprint density at radius 1 is 1.07 bits per heavy atom. The van der Waals surface area contributed by atoms with E-state index in [2.05, 4.69) is 5.32 Å². The third-order valence-corrected chi connectivity index (χ3v) is 5.36. The van der Waals surface area contributed by atoms with Crippen LogP contribution in [0.15, 0.2) is 42.5 Å². The zero-order chi connectivity index (χ0) is 21.0. The molecule has 0 radical (unpaired) electrons. The summed E-state index contributed by atoms with van der Waals surface area (Å²) in [6.07, 6.45) is 2.49. The first-order valence-corrected chi connectivity index (χ1v) is 9.89. The molecule has 152 valence electrons. The van der Waals surface area contributed by atoms with E-state index in [1.165, 1.54) is 4.90 Å². The first-order valence-electron chi connectivity index (χ1n) is 9.89. The van der Waals surface area contributed by atoms with E-state index >= 15 is 0 Å². The quantitative estimate of drug-likeness (QED) is 0.845. The van der Waals surface area contributed by atoms with Crippen molar-refractivity contribution in [2.24, 2.45) is 0 Å². The lowest BCUT2D eigenvalue weighted by Crippen LogP contribution is -2.36. The van der Waals surface area contributed by atoms with Crippen LogP contribution in [0.4, 0.5) is 11.4 Å². The Hall–Kier alpha value is -3.15. The Bertz CT molecular complexity index is 921. The second-order valence-corrected chi connectivity index (χ2v) is 7.51. The van der Waals surface area contributed by atoms with Gasteiger partial charge in [0.15, 0.2) is 0 Å². The number of benzene rings is 2. The molecule has 1 fully saturated rings. The third kappa shape index (κ3) is 4.83. The molecule has 1 aliphatic heterocycles. The molecular formula is C23H27N3O3. The molecule has 6 heteroatoms. The lowest BCUT2D eigenvalue weighted by Gasteiger charge is -2.27. The Balaban J connectivity index is 1.61. The number of nitrogens with one attached hydrogen (secondary N) is 1. The molecule has 29 heavy (non-hydrogen) atoms. The Kier molecular flexibility index (Phi) is 6.32. The molecule has 1 aliphatic rings. The summed E-state index contributed by atoms with van der Waals surface area (Å²) in [4.78, 5) is 40.2. The first-order chi connectivity index (χ1) is 13.9. The van der Waals surface area contributed by atoms with Crippen molar-refractivity contribution in [2.45, 2.75) is 33.1 Å². The number of likely N-dealkylation sites (N-methyl/N-ethyl adjacent to an activating group) is 1. The van der Waals surface area contributed by atoms with Gasteiger partial charge in [-0.2, -0.15) is 0 Å². The van der Waals surface area contributed by atoms with E-state index in [0.717, 1.165) is 35.3 Å². The zero-order valence-corrected chi connectivity index (χ0v) is 17.2. The van der Waals surface area contributed by atoms with Gasteiger partial charge in [-0.25, -0.2) is 0 Å². The fourth-order valence-electron chi connectivity index (χ4n) is 3.45. The van der Waals surface area contributed by atoms with Crippen molar-refractivity contribution in [3.63, 3.8) is 0 Å². The largest absolute Gasteiger partial charge is 0.332 e. The fraction of sp³-hybridized carbons (Fsp3) is 0.348. The minimum atomic E-state index is -0.245. The lowest BCUT2D eigenvalue weighted by atomic mass is 10.1. The normalized spacial score (nSPS) is 13.9. The van der Waals surface area contributed by atoms with E-state index in [1.807, 2.05) is 32.0 Å². The topological polar surface area (TPSA) is 69.7 Å². The van der Waals surface area contributed by atoms with Crippen LogP contribution in [0.5, 0.6) is 0 Å². The molecule has 0 spiro atoms. The van der Waals surface area contributed by atoms with Gasteiger partial charge in [-0.1, -0.05) is 12.1 Å². The summed E-state index contributed by atoms with van der Waals surface area (Å²) in [6.45, 7) is 4.61. The van der Waals surface area contributed by atoms with E-state index in [4.69, 9.17) is 0 Å².